The largest absolute Gasteiger partial charge is 0.467 e. The van der Waals surface area contributed by atoms with Crippen LogP contribution in [0, 0.1) is 5.41 Å². The highest BCUT2D eigenvalue weighted by atomic mass is 16.7. The minimum atomic E-state index is -0.595. The zero-order valence-electron chi connectivity index (χ0n) is 19.5. The van der Waals surface area contributed by atoms with Gasteiger partial charge in [0.25, 0.3) is 0 Å². The monoisotopic (exact) mass is 456 g/mol. The van der Waals surface area contributed by atoms with Gasteiger partial charge in [0.15, 0.2) is 11.5 Å². The molecule has 1 saturated heterocycles. The first-order valence-corrected chi connectivity index (χ1v) is 11.4. The van der Waals surface area contributed by atoms with E-state index in [4.69, 9.17) is 18.6 Å². The maximum absolute atomic E-state index is 13.5. The predicted octanol–water partition coefficient (Wildman–Crippen LogP) is 3.59. The van der Waals surface area contributed by atoms with Crippen molar-refractivity contribution in [3.05, 3.63) is 47.9 Å². The normalized spacial score (nSPS) is 17.2. The number of ether oxygens (including phenoxy) is 3. The molecule has 0 saturated carbocycles. The summed E-state index contributed by atoms with van der Waals surface area (Å²) in [5.41, 5.74) is 0.314. The SMILES string of the molecule is CC(C)(C)C(=O)N(CC(=O)N(Cc1ccc2c(c1)OCO2)Cc1ccco1)CC1CCCO1. The van der Waals surface area contributed by atoms with Crippen molar-refractivity contribution in [1.82, 2.24) is 9.80 Å². The maximum Gasteiger partial charge on any atom is 0.242 e. The molecule has 8 heteroatoms. The van der Waals surface area contributed by atoms with Gasteiger partial charge in [-0.05, 0) is 42.7 Å². The highest BCUT2D eigenvalue weighted by Crippen LogP contribution is 2.33. The quantitative estimate of drug-likeness (QED) is 0.604. The molecule has 1 aromatic heterocycles. The fourth-order valence-corrected chi connectivity index (χ4v) is 4.07. The van der Waals surface area contributed by atoms with Gasteiger partial charge in [-0.25, -0.2) is 0 Å². The van der Waals surface area contributed by atoms with Gasteiger partial charge in [-0.3, -0.25) is 9.59 Å². The summed E-state index contributed by atoms with van der Waals surface area (Å²) in [5, 5.41) is 0. The molecule has 0 spiro atoms. The standard InChI is InChI=1S/C25H32N2O6/c1-25(2,3)24(29)27(15-20-7-5-11-31-20)16-23(28)26(14-19-6-4-10-30-19)13-18-8-9-21-22(12-18)33-17-32-21/h4,6,8-10,12,20H,5,7,11,13-17H2,1-3H3. The number of carbonyl (C=O) groups excluding carboxylic acids is 2. The lowest BCUT2D eigenvalue weighted by atomic mass is 9.94. The molecule has 2 aromatic rings. The van der Waals surface area contributed by atoms with E-state index in [1.54, 1.807) is 22.1 Å². The molecule has 1 fully saturated rings. The highest BCUT2D eigenvalue weighted by Gasteiger charge is 2.32. The first kappa shape index (κ1) is 23.2. The molecule has 1 aromatic carbocycles. The van der Waals surface area contributed by atoms with Crippen molar-refractivity contribution in [2.75, 3.05) is 26.5 Å². The molecule has 8 nitrogen and oxygen atoms in total. The van der Waals surface area contributed by atoms with E-state index in [0.717, 1.165) is 18.4 Å². The Hall–Kier alpha value is -3.00. The molecule has 3 heterocycles. The Kier molecular flexibility index (Phi) is 6.93. The van der Waals surface area contributed by atoms with Gasteiger partial charge < -0.3 is 28.4 Å². The van der Waals surface area contributed by atoms with Crippen LogP contribution in [0.3, 0.4) is 0 Å². The number of amides is 2. The Morgan fingerprint density at radius 2 is 1.88 bits per heavy atom. The molecule has 0 radical (unpaired) electrons. The van der Waals surface area contributed by atoms with E-state index in [1.807, 2.05) is 45.0 Å². The van der Waals surface area contributed by atoms with Gasteiger partial charge in [0, 0.05) is 25.1 Å². The van der Waals surface area contributed by atoms with Gasteiger partial charge in [0.05, 0.1) is 25.5 Å². The summed E-state index contributed by atoms with van der Waals surface area (Å²) in [6, 6.07) is 9.28. The molecule has 178 valence electrons. The Labute approximate surface area is 194 Å². The smallest absolute Gasteiger partial charge is 0.242 e. The van der Waals surface area contributed by atoms with Crippen LogP contribution in [0.4, 0.5) is 0 Å². The van der Waals surface area contributed by atoms with Gasteiger partial charge in [-0.1, -0.05) is 26.8 Å². The third-order valence-corrected chi connectivity index (χ3v) is 5.79. The van der Waals surface area contributed by atoms with Crippen molar-refractivity contribution in [2.45, 2.75) is 52.8 Å². The summed E-state index contributed by atoms with van der Waals surface area (Å²) in [5.74, 6) is 1.82. The van der Waals surface area contributed by atoms with E-state index in [1.165, 1.54) is 0 Å². The topological polar surface area (TPSA) is 81.5 Å². The summed E-state index contributed by atoms with van der Waals surface area (Å²) in [4.78, 5) is 30.0. The molecule has 0 bridgehead atoms. The number of hydrogen-bond donors (Lipinski definition) is 0. The molecule has 33 heavy (non-hydrogen) atoms. The molecule has 2 aliphatic heterocycles. The molecule has 1 unspecified atom stereocenters. The van der Waals surface area contributed by atoms with Crippen LogP contribution in [0.25, 0.3) is 0 Å². The second kappa shape index (κ2) is 9.87. The summed E-state index contributed by atoms with van der Waals surface area (Å²) in [7, 11) is 0. The Morgan fingerprint density at radius 3 is 2.58 bits per heavy atom. The highest BCUT2D eigenvalue weighted by molar-refractivity contribution is 5.87. The fraction of sp³-hybridized carbons (Fsp3) is 0.520. The zero-order valence-corrected chi connectivity index (χ0v) is 19.5. The second-order valence-electron chi connectivity index (χ2n) is 9.59. The molecular weight excluding hydrogens is 424 g/mol. The lowest BCUT2D eigenvalue weighted by Gasteiger charge is -2.32. The molecular formula is C25H32N2O6. The summed E-state index contributed by atoms with van der Waals surface area (Å²) < 4.78 is 22.1. The predicted molar refractivity (Wildman–Crippen MR) is 121 cm³/mol. The van der Waals surface area contributed by atoms with Crippen molar-refractivity contribution in [1.29, 1.82) is 0 Å². The van der Waals surface area contributed by atoms with E-state index in [0.29, 0.717) is 43.5 Å². The van der Waals surface area contributed by atoms with Crippen LogP contribution in [0.2, 0.25) is 0 Å². The number of fused-ring (bicyclic) bond motifs is 1. The number of rotatable bonds is 8. The first-order valence-electron chi connectivity index (χ1n) is 11.4. The zero-order chi connectivity index (χ0) is 23.4. The van der Waals surface area contributed by atoms with Crippen LogP contribution in [0.1, 0.15) is 44.9 Å². The van der Waals surface area contributed by atoms with Crippen LogP contribution >= 0.6 is 0 Å². The molecule has 0 N–H and O–H groups in total. The molecule has 0 aliphatic carbocycles. The minimum Gasteiger partial charge on any atom is -0.467 e. The van der Waals surface area contributed by atoms with E-state index < -0.39 is 5.41 Å². The van der Waals surface area contributed by atoms with Crippen molar-refractivity contribution in [3.8, 4) is 11.5 Å². The average Bonchev–Trinajstić information content (AvgIpc) is 3.54. The van der Waals surface area contributed by atoms with E-state index in [-0.39, 0.29) is 31.3 Å². The summed E-state index contributed by atoms with van der Waals surface area (Å²) >= 11 is 0. The minimum absolute atomic E-state index is 0.0127. The Morgan fingerprint density at radius 1 is 1.06 bits per heavy atom. The van der Waals surface area contributed by atoms with Crippen LogP contribution < -0.4 is 9.47 Å². The van der Waals surface area contributed by atoms with Gasteiger partial charge in [-0.15, -0.1) is 0 Å². The lowest BCUT2D eigenvalue weighted by molar-refractivity contribution is -0.147. The van der Waals surface area contributed by atoms with Crippen molar-refractivity contribution < 1.29 is 28.2 Å². The fourth-order valence-electron chi connectivity index (χ4n) is 4.07. The third-order valence-electron chi connectivity index (χ3n) is 5.79. The van der Waals surface area contributed by atoms with Crippen molar-refractivity contribution in [3.63, 3.8) is 0 Å². The Bertz CT molecular complexity index is 960. The number of hydrogen-bond acceptors (Lipinski definition) is 6. The van der Waals surface area contributed by atoms with Gasteiger partial charge in [0.1, 0.15) is 5.76 Å². The second-order valence-corrected chi connectivity index (χ2v) is 9.59. The molecule has 2 aliphatic rings. The first-order chi connectivity index (χ1) is 15.8. The summed E-state index contributed by atoms with van der Waals surface area (Å²) in [6.45, 7) is 7.57. The number of nitrogens with zero attached hydrogens (tertiary/aromatic N) is 2. The van der Waals surface area contributed by atoms with E-state index in [2.05, 4.69) is 0 Å². The van der Waals surface area contributed by atoms with E-state index >= 15 is 0 Å². The van der Waals surface area contributed by atoms with Crippen LogP contribution in [0.5, 0.6) is 11.5 Å². The Balaban J connectivity index is 1.52. The molecule has 1 atom stereocenters. The number of carbonyl (C=O) groups is 2. The van der Waals surface area contributed by atoms with Crippen LogP contribution in [-0.2, 0) is 27.4 Å². The molecule has 4 rings (SSSR count). The van der Waals surface area contributed by atoms with Crippen LogP contribution in [0.15, 0.2) is 41.0 Å². The van der Waals surface area contributed by atoms with Gasteiger partial charge >= 0.3 is 0 Å². The number of benzene rings is 1. The van der Waals surface area contributed by atoms with Crippen LogP contribution in [-0.4, -0.2) is 54.2 Å². The van der Waals surface area contributed by atoms with Crippen molar-refractivity contribution in [2.24, 2.45) is 5.41 Å². The lowest BCUT2D eigenvalue weighted by Crippen LogP contribution is -2.48. The summed E-state index contributed by atoms with van der Waals surface area (Å²) in [6.07, 6.45) is 3.43. The van der Waals surface area contributed by atoms with Gasteiger partial charge in [0.2, 0.25) is 18.6 Å². The maximum atomic E-state index is 13.5. The van der Waals surface area contributed by atoms with Gasteiger partial charge in [-0.2, -0.15) is 0 Å². The average molecular weight is 457 g/mol. The van der Waals surface area contributed by atoms with E-state index in [9.17, 15) is 9.59 Å². The third kappa shape index (κ3) is 5.87. The number of furan rings is 1. The van der Waals surface area contributed by atoms with Crippen molar-refractivity contribution >= 4 is 11.8 Å². The molecule has 2 amide bonds.